The van der Waals surface area contributed by atoms with E-state index >= 15 is 0 Å². The van der Waals surface area contributed by atoms with Gasteiger partial charge < -0.3 is 19.9 Å². The number of nitrogens with one attached hydrogen (secondary N) is 1. The molecule has 3 N–H and O–H groups in total. The molecule has 9 heteroatoms. The molecule has 0 aromatic carbocycles. The Kier molecular flexibility index (Phi) is 3.50. The molecule has 22 heavy (non-hydrogen) atoms. The number of hydrogen-bond donors (Lipinski definition) is 3. The molecule has 0 aliphatic carbocycles. The highest BCUT2D eigenvalue weighted by Crippen LogP contribution is 2.41. The van der Waals surface area contributed by atoms with Crippen molar-refractivity contribution in [2.75, 3.05) is 6.61 Å². The van der Waals surface area contributed by atoms with Gasteiger partial charge in [-0.3, -0.25) is 9.36 Å². The number of ether oxygens (including phenoxy) is 1. The zero-order valence-corrected chi connectivity index (χ0v) is 12.2. The van der Waals surface area contributed by atoms with Crippen molar-refractivity contribution in [3.63, 3.8) is 0 Å². The van der Waals surface area contributed by atoms with Crippen LogP contribution in [0.15, 0.2) is 11.1 Å². The van der Waals surface area contributed by atoms with Crippen LogP contribution in [-0.2, 0) is 4.74 Å². The lowest BCUT2D eigenvalue weighted by Gasteiger charge is -2.28. The zero-order chi connectivity index (χ0) is 16.1. The highest BCUT2D eigenvalue weighted by atomic mass is 19.1. The second-order valence-electron chi connectivity index (χ2n) is 5.45. The summed E-state index contributed by atoms with van der Waals surface area (Å²) in [7, 11) is 0. The number of imidazole rings is 1. The van der Waals surface area contributed by atoms with E-state index in [9.17, 15) is 19.4 Å². The molecule has 2 aromatic heterocycles. The molecule has 8 nitrogen and oxygen atoms in total. The number of aryl methyl sites for hydroxylation is 1. The fraction of sp³-hybridized carbons (Fsp3) is 0.615. The number of aromatic amines is 1. The topological polar surface area (TPSA) is 113 Å². The van der Waals surface area contributed by atoms with Crippen LogP contribution in [0.2, 0.25) is 0 Å². The molecule has 0 radical (unpaired) electrons. The summed E-state index contributed by atoms with van der Waals surface area (Å²) in [4.78, 5) is 22.4. The minimum atomic E-state index is -1.77. The summed E-state index contributed by atoms with van der Waals surface area (Å²) >= 11 is 0. The van der Waals surface area contributed by atoms with E-state index in [2.05, 4.69) is 15.0 Å². The molecule has 0 unspecified atom stereocenters. The Morgan fingerprint density at radius 2 is 2.32 bits per heavy atom. The summed E-state index contributed by atoms with van der Waals surface area (Å²) in [5, 5.41) is 19.6. The largest absolute Gasteiger partial charge is 0.393 e. The molecule has 0 bridgehead atoms. The van der Waals surface area contributed by atoms with Gasteiger partial charge in [0.2, 0.25) is 0 Å². The van der Waals surface area contributed by atoms with Gasteiger partial charge in [0.25, 0.3) is 5.56 Å². The Labute approximate surface area is 124 Å². The molecule has 1 aliphatic rings. The standard InChI is InChI=1S/C13H17FN4O4/c1-3-13(4-19)9(20)7(14)12(22-13)18-5-15-8-10(18)16-6(2)17-11(8)21/h5,7,9,12,19-20H,3-4H2,1-2H3,(H,16,17,21)/t7-,9+,12-,13-/m1/s1. The van der Waals surface area contributed by atoms with Gasteiger partial charge in [-0.1, -0.05) is 6.92 Å². The van der Waals surface area contributed by atoms with Crippen LogP contribution in [0.4, 0.5) is 4.39 Å². The molecule has 1 fully saturated rings. The predicted molar refractivity (Wildman–Crippen MR) is 74.0 cm³/mol. The van der Waals surface area contributed by atoms with Gasteiger partial charge >= 0.3 is 0 Å². The molecule has 4 atom stereocenters. The first kappa shape index (κ1) is 15.1. The number of H-pyrrole nitrogens is 1. The monoisotopic (exact) mass is 312 g/mol. The van der Waals surface area contributed by atoms with Crippen molar-refractivity contribution >= 4 is 11.2 Å². The summed E-state index contributed by atoms with van der Waals surface area (Å²) in [6.07, 6.45) is -2.97. The molecular formula is C13H17FN4O4. The number of aromatic nitrogens is 4. The third-order valence-electron chi connectivity index (χ3n) is 4.16. The molecule has 2 aromatic rings. The summed E-state index contributed by atoms with van der Waals surface area (Å²) in [6.45, 7) is 2.77. The first-order chi connectivity index (χ1) is 10.4. The third kappa shape index (κ3) is 1.97. The van der Waals surface area contributed by atoms with E-state index < -0.39 is 36.3 Å². The first-order valence-electron chi connectivity index (χ1n) is 6.98. The average Bonchev–Trinajstić information content (AvgIpc) is 3.01. The lowest BCUT2D eigenvalue weighted by Crippen LogP contribution is -2.44. The van der Waals surface area contributed by atoms with E-state index in [1.54, 1.807) is 13.8 Å². The lowest BCUT2D eigenvalue weighted by molar-refractivity contribution is -0.128. The van der Waals surface area contributed by atoms with E-state index in [0.29, 0.717) is 5.82 Å². The van der Waals surface area contributed by atoms with Crippen LogP contribution in [0.3, 0.4) is 0 Å². The van der Waals surface area contributed by atoms with Crippen LogP contribution < -0.4 is 5.56 Å². The van der Waals surface area contributed by atoms with Crippen molar-refractivity contribution < 1.29 is 19.3 Å². The van der Waals surface area contributed by atoms with Gasteiger partial charge in [0.15, 0.2) is 23.6 Å². The van der Waals surface area contributed by atoms with Gasteiger partial charge in [0.05, 0.1) is 12.9 Å². The number of halogens is 1. The van der Waals surface area contributed by atoms with Crippen LogP contribution in [0.25, 0.3) is 11.2 Å². The molecular weight excluding hydrogens is 295 g/mol. The average molecular weight is 312 g/mol. The van der Waals surface area contributed by atoms with Crippen molar-refractivity contribution in [3.05, 3.63) is 22.5 Å². The highest BCUT2D eigenvalue weighted by Gasteiger charge is 2.55. The molecule has 3 rings (SSSR count). The van der Waals surface area contributed by atoms with Crippen LogP contribution >= 0.6 is 0 Å². The molecule has 0 saturated carbocycles. The van der Waals surface area contributed by atoms with Crippen molar-refractivity contribution in [2.24, 2.45) is 0 Å². The Bertz CT molecular complexity index is 754. The molecule has 3 heterocycles. The molecule has 120 valence electrons. The maximum Gasteiger partial charge on any atom is 0.279 e. The fourth-order valence-electron chi connectivity index (χ4n) is 2.79. The maximum absolute atomic E-state index is 14.5. The Morgan fingerprint density at radius 1 is 1.59 bits per heavy atom. The number of fused-ring (bicyclic) bond motifs is 1. The number of aliphatic hydroxyl groups excluding tert-OH is 2. The normalized spacial score (nSPS) is 32.0. The van der Waals surface area contributed by atoms with Gasteiger partial charge in [-0.15, -0.1) is 0 Å². The van der Waals surface area contributed by atoms with Gasteiger partial charge in [-0.2, -0.15) is 0 Å². The second-order valence-corrected chi connectivity index (χ2v) is 5.45. The Balaban J connectivity index is 2.11. The Hall–Kier alpha value is -1.84. The number of aliphatic hydroxyl groups is 2. The molecule has 1 saturated heterocycles. The van der Waals surface area contributed by atoms with Crippen molar-refractivity contribution in [3.8, 4) is 0 Å². The lowest BCUT2D eigenvalue weighted by atomic mass is 9.94. The third-order valence-corrected chi connectivity index (χ3v) is 4.16. The minimum absolute atomic E-state index is 0.0638. The van der Waals surface area contributed by atoms with Crippen LogP contribution in [0.1, 0.15) is 25.4 Å². The smallest absolute Gasteiger partial charge is 0.279 e. The van der Waals surface area contributed by atoms with E-state index in [1.807, 2.05) is 0 Å². The minimum Gasteiger partial charge on any atom is -0.393 e. The summed E-state index contributed by atoms with van der Waals surface area (Å²) in [6, 6.07) is 0. The van der Waals surface area contributed by atoms with Crippen LogP contribution in [-0.4, -0.2) is 54.2 Å². The highest BCUT2D eigenvalue weighted by molar-refractivity contribution is 5.69. The fourth-order valence-corrected chi connectivity index (χ4v) is 2.79. The summed E-state index contributed by atoms with van der Waals surface area (Å²) in [5.74, 6) is 0.358. The van der Waals surface area contributed by atoms with Crippen LogP contribution in [0.5, 0.6) is 0 Å². The number of rotatable bonds is 3. The van der Waals surface area contributed by atoms with E-state index in [1.165, 1.54) is 10.9 Å². The van der Waals surface area contributed by atoms with E-state index in [4.69, 9.17) is 4.74 Å². The zero-order valence-electron chi connectivity index (χ0n) is 12.2. The first-order valence-corrected chi connectivity index (χ1v) is 6.98. The van der Waals surface area contributed by atoms with Crippen molar-refractivity contribution in [1.82, 2.24) is 19.5 Å². The van der Waals surface area contributed by atoms with Crippen LogP contribution in [0, 0.1) is 6.92 Å². The van der Waals surface area contributed by atoms with Crippen molar-refractivity contribution in [1.29, 1.82) is 0 Å². The van der Waals surface area contributed by atoms with Gasteiger partial charge in [-0.05, 0) is 13.3 Å². The maximum atomic E-state index is 14.5. The number of nitrogens with zero attached hydrogens (tertiary/aromatic N) is 3. The number of hydrogen-bond acceptors (Lipinski definition) is 6. The SMILES string of the molecule is CC[C@]1(CO)O[C@@H](n2cnc3c(=O)[nH]c(C)nc32)[C@H](F)[C@@H]1O. The van der Waals surface area contributed by atoms with Gasteiger partial charge in [0.1, 0.15) is 17.5 Å². The van der Waals surface area contributed by atoms with E-state index in [-0.39, 0.29) is 17.6 Å². The molecule has 0 amide bonds. The molecule has 0 spiro atoms. The quantitative estimate of drug-likeness (QED) is 0.723. The summed E-state index contributed by atoms with van der Waals surface area (Å²) < 4.78 is 21.4. The second kappa shape index (κ2) is 5.11. The number of alkyl halides is 1. The molecule has 1 aliphatic heterocycles. The predicted octanol–water partition coefficient (Wildman–Crippen LogP) is -0.203. The van der Waals surface area contributed by atoms with Crippen molar-refractivity contribution in [2.45, 2.75) is 44.4 Å². The Morgan fingerprint density at radius 3 is 2.91 bits per heavy atom. The van der Waals surface area contributed by atoms with E-state index in [0.717, 1.165) is 0 Å². The summed E-state index contributed by atoms with van der Waals surface area (Å²) in [5.41, 5.74) is -1.57. The van der Waals surface area contributed by atoms with Gasteiger partial charge in [0, 0.05) is 0 Å². The van der Waals surface area contributed by atoms with Gasteiger partial charge in [-0.25, -0.2) is 14.4 Å².